The zero-order valence-corrected chi connectivity index (χ0v) is 5.32. The molecule has 2 heteroatoms. The fourth-order valence-electron chi connectivity index (χ4n) is 0.652. The van der Waals surface area contributed by atoms with E-state index in [4.69, 9.17) is 0 Å². The van der Waals surface area contributed by atoms with Crippen molar-refractivity contribution in [3.05, 3.63) is 29.6 Å². The largest absolute Gasteiger partial charge is 0.323 e. The molecule has 0 unspecified atom stereocenters. The quantitative estimate of drug-likeness (QED) is 0.537. The number of rotatable bonds is 0. The van der Waals surface area contributed by atoms with E-state index < -0.39 is 0 Å². The normalized spacial score (nSPS) is 9.67. The summed E-state index contributed by atoms with van der Waals surface area (Å²) in [5.74, 6) is -0.227. The molecule has 1 rings (SSSR count). The Hall–Kier alpha value is -0.890. The van der Waals surface area contributed by atoms with Crippen molar-refractivity contribution in [1.29, 1.82) is 0 Å². The minimum absolute atomic E-state index is 0.227. The van der Waals surface area contributed by atoms with Crippen LogP contribution >= 0.6 is 0 Å². The highest BCUT2D eigenvalue weighted by Crippen LogP contribution is 2.08. The molecule has 1 aromatic carbocycles. The second kappa shape index (κ2) is 2.15. The summed E-state index contributed by atoms with van der Waals surface area (Å²) in [6.45, 7) is 1.85. The molecule has 48 valence electrons. The predicted molar refractivity (Wildman–Crippen MR) is 33.7 cm³/mol. The van der Waals surface area contributed by atoms with Crippen LogP contribution < -0.4 is 5.73 Å². The van der Waals surface area contributed by atoms with Crippen LogP contribution in [0.4, 0.5) is 10.1 Å². The Morgan fingerprint density at radius 1 is 1.44 bits per heavy atom. The van der Waals surface area contributed by atoms with E-state index in [9.17, 15) is 4.39 Å². The van der Waals surface area contributed by atoms with Crippen molar-refractivity contribution in [2.24, 2.45) is 0 Å². The Balaban J connectivity index is 3.17. The highest BCUT2D eigenvalue weighted by atomic mass is 19.1. The van der Waals surface area contributed by atoms with Gasteiger partial charge in [-0.05, 0) is 18.6 Å². The predicted octanol–water partition coefficient (Wildman–Crippen LogP) is 1.01. The highest BCUT2D eigenvalue weighted by Gasteiger charge is 1.97. The Morgan fingerprint density at radius 2 is 2.11 bits per heavy atom. The van der Waals surface area contributed by atoms with E-state index in [1.807, 2.05) is 13.0 Å². The van der Waals surface area contributed by atoms with Gasteiger partial charge in [0, 0.05) is 6.07 Å². The van der Waals surface area contributed by atoms with Gasteiger partial charge in [0.05, 0.1) is 0 Å². The van der Waals surface area contributed by atoms with Crippen molar-refractivity contribution in [2.45, 2.75) is 6.92 Å². The molecular weight excluding hydrogens is 117 g/mol. The van der Waals surface area contributed by atoms with E-state index in [2.05, 4.69) is 5.73 Å². The molecule has 0 heterocycles. The Labute approximate surface area is 53.3 Å². The summed E-state index contributed by atoms with van der Waals surface area (Å²) < 4.78 is 12.5. The molecule has 0 aliphatic rings. The van der Waals surface area contributed by atoms with Gasteiger partial charge in [-0.3, -0.25) is 0 Å². The van der Waals surface area contributed by atoms with Crippen LogP contribution in [0.1, 0.15) is 5.56 Å². The first kappa shape index (κ1) is 6.23. The van der Waals surface area contributed by atoms with Crippen molar-refractivity contribution in [3.63, 3.8) is 0 Å². The first-order chi connectivity index (χ1) is 4.20. The number of halogens is 1. The van der Waals surface area contributed by atoms with Crippen LogP contribution in [0.2, 0.25) is 0 Å². The summed E-state index contributed by atoms with van der Waals surface area (Å²) in [7, 11) is 0. The van der Waals surface area contributed by atoms with Gasteiger partial charge in [0.1, 0.15) is 0 Å². The molecule has 0 bridgehead atoms. The number of hydrogen-bond acceptors (Lipinski definition) is 0. The lowest BCUT2D eigenvalue weighted by atomic mass is 10.2. The molecule has 0 atom stereocenters. The standard InChI is InChI=1S/C7H8FN/c1-5-2-3-7(9)6(8)4-5/h2-4H,9H2,1H3/p+1. The van der Waals surface area contributed by atoms with Crippen LogP contribution in [-0.4, -0.2) is 0 Å². The van der Waals surface area contributed by atoms with Gasteiger partial charge in [0.2, 0.25) is 0 Å². The molecule has 0 saturated carbocycles. The monoisotopic (exact) mass is 126 g/mol. The van der Waals surface area contributed by atoms with E-state index in [1.54, 1.807) is 6.07 Å². The van der Waals surface area contributed by atoms with Crippen LogP contribution in [-0.2, 0) is 0 Å². The van der Waals surface area contributed by atoms with Gasteiger partial charge in [0.15, 0.2) is 11.5 Å². The molecule has 0 fully saturated rings. The molecule has 0 aromatic heterocycles. The lowest BCUT2D eigenvalue weighted by Gasteiger charge is -1.91. The minimum atomic E-state index is -0.227. The second-order valence-corrected chi connectivity index (χ2v) is 2.09. The Morgan fingerprint density at radius 3 is 2.56 bits per heavy atom. The second-order valence-electron chi connectivity index (χ2n) is 2.09. The van der Waals surface area contributed by atoms with Crippen molar-refractivity contribution < 1.29 is 10.1 Å². The molecule has 0 aliphatic heterocycles. The molecule has 0 radical (unpaired) electrons. The summed E-state index contributed by atoms with van der Waals surface area (Å²) in [5.41, 5.74) is 4.88. The van der Waals surface area contributed by atoms with Crippen LogP contribution in [0.3, 0.4) is 0 Å². The van der Waals surface area contributed by atoms with Gasteiger partial charge in [0.25, 0.3) is 0 Å². The zero-order chi connectivity index (χ0) is 6.85. The molecule has 0 amide bonds. The third-order valence-electron chi connectivity index (χ3n) is 1.21. The lowest BCUT2D eigenvalue weighted by Crippen LogP contribution is -2.41. The minimum Gasteiger partial charge on any atom is -0.323 e. The molecule has 3 N–H and O–H groups in total. The maximum Gasteiger partial charge on any atom is 0.183 e. The van der Waals surface area contributed by atoms with Crippen molar-refractivity contribution >= 4 is 5.69 Å². The van der Waals surface area contributed by atoms with E-state index >= 15 is 0 Å². The van der Waals surface area contributed by atoms with Gasteiger partial charge in [-0.1, -0.05) is 6.07 Å². The number of benzene rings is 1. The van der Waals surface area contributed by atoms with Gasteiger partial charge in [-0.25, -0.2) is 4.39 Å². The van der Waals surface area contributed by atoms with Crippen molar-refractivity contribution in [3.8, 4) is 0 Å². The molecule has 0 aliphatic carbocycles. The fraction of sp³-hybridized carbons (Fsp3) is 0.143. The molecular formula is C7H9FN+. The lowest BCUT2D eigenvalue weighted by molar-refractivity contribution is -0.258. The fourth-order valence-corrected chi connectivity index (χ4v) is 0.652. The first-order valence-corrected chi connectivity index (χ1v) is 2.78. The van der Waals surface area contributed by atoms with Gasteiger partial charge in [-0.2, -0.15) is 0 Å². The van der Waals surface area contributed by atoms with Crippen LogP contribution in [0.15, 0.2) is 18.2 Å². The summed E-state index contributed by atoms with van der Waals surface area (Å²) in [6, 6.07) is 4.98. The van der Waals surface area contributed by atoms with E-state index in [0.29, 0.717) is 5.69 Å². The van der Waals surface area contributed by atoms with Gasteiger partial charge >= 0.3 is 0 Å². The van der Waals surface area contributed by atoms with Crippen LogP contribution in [0.25, 0.3) is 0 Å². The van der Waals surface area contributed by atoms with E-state index in [0.717, 1.165) is 5.56 Å². The van der Waals surface area contributed by atoms with Crippen molar-refractivity contribution in [2.75, 3.05) is 0 Å². The van der Waals surface area contributed by atoms with Crippen LogP contribution in [0, 0.1) is 12.7 Å². The Kier molecular flexibility index (Phi) is 1.49. The topological polar surface area (TPSA) is 27.6 Å². The van der Waals surface area contributed by atoms with Crippen LogP contribution in [0.5, 0.6) is 0 Å². The average Bonchev–Trinajstić information content (AvgIpc) is 1.80. The smallest absolute Gasteiger partial charge is 0.183 e. The van der Waals surface area contributed by atoms with Gasteiger partial charge in [-0.15, -0.1) is 0 Å². The summed E-state index contributed by atoms with van der Waals surface area (Å²) in [5, 5.41) is 0. The Bertz CT molecular complexity index is 220. The molecule has 9 heavy (non-hydrogen) atoms. The molecule has 0 saturated heterocycles. The number of quaternary nitrogens is 1. The van der Waals surface area contributed by atoms with Gasteiger partial charge < -0.3 is 5.73 Å². The van der Waals surface area contributed by atoms with E-state index in [-0.39, 0.29) is 5.82 Å². The maximum absolute atomic E-state index is 12.5. The summed E-state index contributed by atoms with van der Waals surface area (Å²) in [6.07, 6.45) is 0. The molecule has 0 spiro atoms. The molecule has 1 nitrogen and oxygen atoms in total. The third-order valence-corrected chi connectivity index (χ3v) is 1.21. The average molecular weight is 126 g/mol. The maximum atomic E-state index is 12.5. The zero-order valence-electron chi connectivity index (χ0n) is 5.32. The summed E-state index contributed by atoms with van der Waals surface area (Å²) in [4.78, 5) is 0. The third kappa shape index (κ3) is 1.27. The number of aryl methyl sites for hydroxylation is 1. The summed E-state index contributed by atoms with van der Waals surface area (Å²) >= 11 is 0. The molecule has 1 aromatic rings. The number of hydrogen-bond donors (Lipinski definition) is 1. The SMILES string of the molecule is Cc1ccc([NH3+])c(F)c1. The van der Waals surface area contributed by atoms with E-state index in [1.165, 1.54) is 6.07 Å². The first-order valence-electron chi connectivity index (χ1n) is 2.78. The van der Waals surface area contributed by atoms with Crippen molar-refractivity contribution in [1.82, 2.24) is 0 Å². The highest BCUT2D eigenvalue weighted by molar-refractivity contribution is 5.32.